The minimum atomic E-state index is -0.177. The standard InChI is InChI=1S/C17H19ClN4O/c1-11-10-15(22-17(20-11)21-14-6-7-14)16(23)19-9-8-12-2-4-13(18)5-3-12/h2-5,10,14H,6-9H2,1H3,(H,19,23)(H,20,21,22). The summed E-state index contributed by atoms with van der Waals surface area (Å²) in [6, 6.07) is 9.78. The SMILES string of the molecule is Cc1cc(C(=O)NCCc2ccc(Cl)cc2)nc(NC2CC2)n1. The molecule has 0 aliphatic heterocycles. The Morgan fingerprint density at radius 2 is 2.00 bits per heavy atom. The molecule has 120 valence electrons. The average molecular weight is 331 g/mol. The van der Waals surface area contributed by atoms with Gasteiger partial charge in [0, 0.05) is 23.3 Å². The summed E-state index contributed by atoms with van der Waals surface area (Å²) >= 11 is 5.86. The first-order valence-corrected chi connectivity index (χ1v) is 8.13. The number of carbonyl (C=O) groups is 1. The van der Waals surface area contributed by atoms with Gasteiger partial charge >= 0.3 is 0 Å². The molecule has 1 aromatic carbocycles. The van der Waals surface area contributed by atoms with E-state index in [1.165, 1.54) is 0 Å². The number of hydrogen-bond acceptors (Lipinski definition) is 4. The number of hydrogen-bond donors (Lipinski definition) is 2. The van der Waals surface area contributed by atoms with Crippen LogP contribution in [-0.2, 0) is 6.42 Å². The van der Waals surface area contributed by atoms with E-state index in [2.05, 4.69) is 20.6 Å². The maximum atomic E-state index is 12.2. The maximum absolute atomic E-state index is 12.2. The molecule has 23 heavy (non-hydrogen) atoms. The molecule has 6 heteroatoms. The molecule has 2 N–H and O–H groups in total. The fraction of sp³-hybridized carbons (Fsp3) is 0.353. The fourth-order valence-electron chi connectivity index (χ4n) is 2.22. The largest absolute Gasteiger partial charge is 0.351 e. The van der Waals surface area contributed by atoms with Gasteiger partial charge in [-0.3, -0.25) is 4.79 Å². The van der Waals surface area contributed by atoms with Crippen molar-refractivity contribution < 1.29 is 4.79 Å². The van der Waals surface area contributed by atoms with Gasteiger partial charge < -0.3 is 10.6 Å². The Bertz CT molecular complexity index is 698. The lowest BCUT2D eigenvalue weighted by molar-refractivity contribution is 0.0949. The summed E-state index contributed by atoms with van der Waals surface area (Å²) in [5.41, 5.74) is 2.31. The second-order valence-corrected chi connectivity index (χ2v) is 6.21. The zero-order valence-corrected chi connectivity index (χ0v) is 13.7. The molecule has 0 radical (unpaired) electrons. The second kappa shape index (κ2) is 6.96. The van der Waals surface area contributed by atoms with E-state index in [0.717, 1.165) is 30.5 Å². The van der Waals surface area contributed by atoms with Gasteiger partial charge in [-0.1, -0.05) is 23.7 Å². The highest BCUT2D eigenvalue weighted by molar-refractivity contribution is 6.30. The number of halogens is 1. The van der Waals surface area contributed by atoms with Crippen LogP contribution in [0.2, 0.25) is 5.02 Å². The maximum Gasteiger partial charge on any atom is 0.270 e. The predicted molar refractivity (Wildman–Crippen MR) is 90.9 cm³/mol. The molecule has 1 aliphatic rings. The first kappa shape index (κ1) is 15.7. The second-order valence-electron chi connectivity index (χ2n) is 5.77. The molecule has 2 aromatic rings. The van der Waals surface area contributed by atoms with Crippen LogP contribution < -0.4 is 10.6 Å². The number of carbonyl (C=O) groups excluding carboxylic acids is 1. The van der Waals surface area contributed by atoms with Crippen molar-refractivity contribution in [3.63, 3.8) is 0 Å². The monoisotopic (exact) mass is 330 g/mol. The summed E-state index contributed by atoms with van der Waals surface area (Å²) in [5.74, 6) is 0.360. The quantitative estimate of drug-likeness (QED) is 0.854. The van der Waals surface area contributed by atoms with E-state index in [4.69, 9.17) is 11.6 Å². The minimum absolute atomic E-state index is 0.177. The van der Waals surface area contributed by atoms with Gasteiger partial charge in [0.15, 0.2) is 0 Å². The zero-order valence-electron chi connectivity index (χ0n) is 13.0. The number of nitrogens with zero attached hydrogens (tertiary/aromatic N) is 2. The van der Waals surface area contributed by atoms with Crippen molar-refractivity contribution in [3.8, 4) is 0 Å². The Kier molecular flexibility index (Phi) is 4.76. The first-order valence-electron chi connectivity index (χ1n) is 7.75. The molecular weight excluding hydrogens is 312 g/mol. The van der Waals surface area contributed by atoms with Crippen molar-refractivity contribution in [2.24, 2.45) is 0 Å². The number of nitrogens with one attached hydrogen (secondary N) is 2. The summed E-state index contributed by atoms with van der Waals surface area (Å²) in [5, 5.41) is 6.83. The molecule has 1 amide bonds. The minimum Gasteiger partial charge on any atom is -0.351 e. The van der Waals surface area contributed by atoms with Crippen LogP contribution in [-0.4, -0.2) is 28.5 Å². The van der Waals surface area contributed by atoms with E-state index in [1.807, 2.05) is 31.2 Å². The number of aromatic nitrogens is 2. The van der Waals surface area contributed by atoms with Crippen LogP contribution in [0.4, 0.5) is 5.95 Å². The van der Waals surface area contributed by atoms with Crippen LogP contribution in [0.1, 0.15) is 34.6 Å². The van der Waals surface area contributed by atoms with Crippen LogP contribution in [0.5, 0.6) is 0 Å². The van der Waals surface area contributed by atoms with Crippen molar-refractivity contribution in [1.82, 2.24) is 15.3 Å². The van der Waals surface area contributed by atoms with Crippen LogP contribution in [0.15, 0.2) is 30.3 Å². The smallest absolute Gasteiger partial charge is 0.270 e. The molecule has 0 unspecified atom stereocenters. The number of aryl methyl sites for hydroxylation is 1. The van der Waals surface area contributed by atoms with E-state index in [9.17, 15) is 4.79 Å². The lowest BCUT2D eigenvalue weighted by Gasteiger charge is -2.08. The molecule has 1 fully saturated rings. The highest BCUT2D eigenvalue weighted by atomic mass is 35.5. The Labute approximate surface area is 140 Å². The number of amides is 1. The summed E-state index contributed by atoms with van der Waals surface area (Å²) in [7, 11) is 0. The number of rotatable bonds is 6. The van der Waals surface area contributed by atoms with Crippen molar-refractivity contribution in [2.75, 3.05) is 11.9 Å². The lowest BCUT2D eigenvalue weighted by atomic mass is 10.1. The van der Waals surface area contributed by atoms with Crippen LogP contribution >= 0.6 is 11.6 Å². The Morgan fingerprint density at radius 1 is 1.26 bits per heavy atom. The predicted octanol–water partition coefficient (Wildman–Crippen LogP) is 2.99. The molecule has 1 saturated carbocycles. The van der Waals surface area contributed by atoms with E-state index in [0.29, 0.717) is 29.3 Å². The van der Waals surface area contributed by atoms with Gasteiger partial charge in [-0.15, -0.1) is 0 Å². The van der Waals surface area contributed by atoms with E-state index in [-0.39, 0.29) is 5.91 Å². The Morgan fingerprint density at radius 3 is 2.70 bits per heavy atom. The van der Waals surface area contributed by atoms with Crippen LogP contribution in [0, 0.1) is 6.92 Å². The summed E-state index contributed by atoms with van der Waals surface area (Å²) < 4.78 is 0. The lowest BCUT2D eigenvalue weighted by Crippen LogP contribution is -2.27. The van der Waals surface area contributed by atoms with Gasteiger partial charge in [-0.2, -0.15) is 0 Å². The van der Waals surface area contributed by atoms with Gasteiger partial charge in [0.05, 0.1) is 0 Å². The van der Waals surface area contributed by atoms with E-state index < -0.39 is 0 Å². The van der Waals surface area contributed by atoms with Crippen LogP contribution in [0.25, 0.3) is 0 Å². The third kappa shape index (κ3) is 4.66. The highest BCUT2D eigenvalue weighted by Crippen LogP contribution is 2.23. The van der Waals surface area contributed by atoms with Gasteiger partial charge in [-0.25, -0.2) is 9.97 Å². The van der Waals surface area contributed by atoms with Crippen molar-refractivity contribution >= 4 is 23.5 Å². The third-order valence-corrected chi connectivity index (χ3v) is 3.86. The molecule has 0 saturated heterocycles. The molecule has 1 heterocycles. The van der Waals surface area contributed by atoms with Gasteiger partial charge in [0.1, 0.15) is 5.69 Å². The zero-order chi connectivity index (χ0) is 16.2. The topological polar surface area (TPSA) is 66.9 Å². The van der Waals surface area contributed by atoms with E-state index >= 15 is 0 Å². The number of anilines is 1. The molecule has 3 rings (SSSR count). The third-order valence-electron chi connectivity index (χ3n) is 3.61. The van der Waals surface area contributed by atoms with Crippen molar-refractivity contribution in [1.29, 1.82) is 0 Å². The van der Waals surface area contributed by atoms with Crippen molar-refractivity contribution in [3.05, 3.63) is 52.3 Å². The van der Waals surface area contributed by atoms with Gasteiger partial charge in [0.2, 0.25) is 5.95 Å². The Hall–Kier alpha value is -2.14. The van der Waals surface area contributed by atoms with E-state index in [1.54, 1.807) is 6.07 Å². The fourth-order valence-corrected chi connectivity index (χ4v) is 2.35. The van der Waals surface area contributed by atoms with Gasteiger partial charge in [-0.05, 0) is 49.9 Å². The van der Waals surface area contributed by atoms with Gasteiger partial charge in [0.25, 0.3) is 5.91 Å². The highest BCUT2D eigenvalue weighted by Gasteiger charge is 2.22. The normalized spacial score (nSPS) is 13.7. The summed E-state index contributed by atoms with van der Waals surface area (Å²) in [4.78, 5) is 20.9. The molecule has 5 nitrogen and oxygen atoms in total. The molecule has 0 atom stereocenters. The average Bonchev–Trinajstić information content (AvgIpc) is 3.32. The number of benzene rings is 1. The molecular formula is C17H19ClN4O. The molecule has 1 aromatic heterocycles. The van der Waals surface area contributed by atoms with Crippen molar-refractivity contribution in [2.45, 2.75) is 32.2 Å². The Balaban J connectivity index is 1.56. The molecule has 0 spiro atoms. The first-order chi connectivity index (χ1) is 11.1. The molecule has 0 bridgehead atoms. The molecule has 1 aliphatic carbocycles. The summed E-state index contributed by atoms with van der Waals surface area (Å²) in [6.07, 6.45) is 3.03. The van der Waals surface area contributed by atoms with Crippen LogP contribution in [0.3, 0.4) is 0 Å². The summed E-state index contributed by atoms with van der Waals surface area (Å²) in [6.45, 7) is 2.42.